The van der Waals surface area contributed by atoms with E-state index in [2.05, 4.69) is 44.3 Å². The maximum absolute atomic E-state index is 13.7. The van der Waals surface area contributed by atoms with Gasteiger partial charge in [-0.3, -0.25) is 14.5 Å². The Kier molecular flexibility index (Phi) is 7.82. The zero-order valence-electron chi connectivity index (χ0n) is 24.4. The number of fused-ring (bicyclic) bond motifs is 2. The molecule has 0 saturated carbocycles. The third kappa shape index (κ3) is 5.31. The fourth-order valence-corrected chi connectivity index (χ4v) is 6.83. The second kappa shape index (κ2) is 11.7. The Hall–Kier alpha value is -4.04. The first-order valence-electron chi connectivity index (χ1n) is 14.9. The Labute approximate surface area is 246 Å². The molecule has 1 fully saturated rings. The van der Waals surface area contributed by atoms with Crippen LogP contribution >= 0.6 is 0 Å². The molecule has 0 spiro atoms. The Balaban J connectivity index is 1.35. The van der Waals surface area contributed by atoms with Gasteiger partial charge in [-0.15, -0.1) is 0 Å². The summed E-state index contributed by atoms with van der Waals surface area (Å²) in [6.07, 6.45) is 2.40. The van der Waals surface area contributed by atoms with Gasteiger partial charge in [-0.2, -0.15) is 0 Å². The molecule has 1 amide bonds. The summed E-state index contributed by atoms with van der Waals surface area (Å²) < 4.78 is 17.3. The zero-order valence-corrected chi connectivity index (χ0v) is 24.4. The average molecular weight is 571 g/mol. The maximum Gasteiger partial charge on any atom is 0.309 e. The highest BCUT2D eigenvalue weighted by Gasteiger charge is 2.48. The summed E-state index contributed by atoms with van der Waals surface area (Å²) in [5.41, 5.74) is 7.09. The molecule has 220 valence electrons. The number of nitrogens with one attached hydrogen (secondary N) is 1. The van der Waals surface area contributed by atoms with E-state index in [9.17, 15) is 14.7 Å². The number of hydrogen-bond acceptors (Lipinski definition) is 6. The van der Waals surface area contributed by atoms with Crippen LogP contribution in [0.4, 0.5) is 5.69 Å². The van der Waals surface area contributed by atoms with Crippen molar-refractivity contribution in [1.82, 2.24) is 4.90 Å². The van der Waals surface area contributed by atoms with Gasteiger partial charge in [0.1, 0.15) is 19.0 Å². The molecule has 3 aliphatic heterocycles. The third-order valence-electron chi connectivity index (χ3n) is 8.75. The van der Waals surface area contributed by atoms with Crippen LogP contribution in [0.15, 0.2) is 48.5 Å². The largest absolute Gasteiger partial charge is 0.493 e. The highest BCUT2D eigenvalue weighted by atomic mass is 16.6. The van der Waals surface area contributed by atoms with Crippen LogP contribution in [0, 0.1) is 12.8 Å². The van der Waals surface area contributed by atoms with E-state index < -0.39 is 17.9 Å². The summed E-state index contributed by atoms with van der Waals surface area (Å²) in [6.45, 7) is 8.30. The van der Waals surface area contributed by atoms with Crippen molar-refractivity contribution in [3.63, 3.8) is 0 Å². The molecule has 0 aromatic heterocycles. The van der Waals surface area contributed by atoms with E-state index in [1.54, 1.807) is 0 Å². The quantitative estimate of drug-likeness (QED) is 0.379. The third-order valence-corrected chi connectivity index (χ3v) is 8.75. The Morgan fingerprint density at radius 1 is 0.881 bits per heavy atom. The Morgan fingerprint density at radius 3 is 2.26 bits per heavy atom. The number of likely N-dealkylation sites (tertiary alicyclic amines) is 1. The van der Waals surface area contributed by atoms with E-state index in [0.717, 1.165) is 58.5 Å². The van der Waals surface area contributed by atoms with E-state index in [4.69, 9.17) is 14.2 Å². The standard InChI is InChI=1S/C34H38N2O6/c1-4-21-14-20(3)15-22(5-2)32(21)35-30(37)19-36-18-26(23-6-9-28-29(17-23)42-13-12-41-28)31(34(38)39)33(36)25-7-8-27-24(16-25)10-11-40-27/h6-9,14-17,26,31,33H,4-5,10-13,18-19H2,1-3H3,(H,35,37)(H,38,39)/t26-,31-,33+/m1/s1. The topological polar surface area (TPSA) is 97.3 Å². The average Bonchev–Trinajstić information content (AvgIpc) is 3.62. The predicted molar refractivity (Wildman–Crippen MR) is 160 cm³/mol. The second-order valence-electron chi connectivity index (χ2n) is 11.4. The van der Waals surface area contributed by atoms with Crippen LogP contribution in [0.3, 0.4) is 0 Å². The first-order chi connectivity index (χ1) is 20.4. The highest BCUT2D eigenvalue weighted by Crippen LogP contribution is 2.48. The number of carboxylic acids is 1. The fraction of sp³-hybridized carbons (Fsp3) is 0.412. The lowest BCUT2D eigenvalue weighted by Gasteiger charge is -2.27. The molecule has 1 saturated heterocycles. The number of carbonyl (C=O) groups excluding carboxylic acids is 1. The van der Waals surface area contributed by atoms with Gasteiger partial charge in [-0.1, -0.05) is 49.7 Å². The summed E-state index contributed by atoms with van der Waals surface area (Å²) >= 11 is 0. The van der Waals surface area contributed by atoms with Crippen molar-refractivity contribution in [2.45, 2.75) is 52.0 Å². The molecule has 2 N–H and O–H groups in total. The summed E-state index contributed by atoms with van der Waals surface area (Å²) in [7, 11) is 0. The number of carboxylic acid groups (broad SMARTS) is 1. The minimum atomic E-state index is -0.889. The van der Waals surface area contributed by atoms with E-state index in [1.807, 2.05) is 35.2 Å². The Morgan fingerprint density at radius 2 is 1.55 bits per heavy atom. The molecule has 6 rings (SSSR count). The summed E-state index contributed by atoms with van der Waals surface area (Å²) in [5, 5.41) is 13.9. The molecule has 0 aliphatic carbocycles. The smallest absolute Gasteiger partial charge is 0.309 e. The summed E-state index contributed by atoms with van der Waals surface area (Å²) in [4.78, 5) is 28.7. The number of nitrogens with zero attached hydrogens (tertiary/aromatic N) is 1. The summed E-state index contributed by atoms with van der Waals surface area (Å²) in [6, 6.07) is 15.4. The van der Waals surface area contributed by atoms with Gasteiger partial charge in [-0.25, -0.2) is 0 Å². The molecule has 3 heterocycles. The van der Waals surface area contributed by atoms with Crippen molar-refractivity contribution >= 4 is 17.6 Å². The molecule has 8 nitrogen and oxygen atoms in total. The van der Waals surface area contributed by atoms with E-state index >= 15 is 0 Å². The van der Waals surface area contributed by atoms with Crippen LogP contribution in [-0.4, -0.2) is 54.8 Å². The molecule has 3 aromatic carbocycles. The second-order valence-corrected chi connectivity index (χ2v) is 11.4. The van der Waals surface area contributed by atoms with Gasteiger partial charge in [0.25, 0.3) is 0 Å². The molecule has 0 bridgehead atoms. The van der Waals surface area contributed by atoms with E-state index in [0.29, 0.717) is 37.9 Å². The minimum absolute atomic E-state index is 0.0727. The van der Waals surface area contributed by atoms with Crippen molar-refractivity contribution in [1.29, 1.82) is 0 Å². The van der Waals surface area contributed by atoms with Crippen LogP contribution in [0.1, 0.15) is 59.2 Å². The number of rotatable bonds is 8. The first-order valence-corrected chi connectivity index (χ1v) is 14.9. The van der Waals surface area contributed by atoms with Crippen molar-refractivity contribution < 1.29 is 28.9 Å². The predicted octanol–water partition coefficient (Wildman–Crippen LogP) is 5.31. The molecule has 8 heteroatoms. The SMILES string of the molecule is CCc1cc(C)cc(CC)c1NC(=O)CN1C[C@H](c2ccc3c(c2)OCCO3)[C@@H](C(=O)O)[C@@H]1c1ccc2c(c1)CCO2. The number of ether oxygens (including phenoxy) is 3. The lowest BCUT2D eigenvalue weighted by Crippen LogP contribution is -2.35. The van der Waals surface area contributed by atoms with Crippen LogP contribution in [0.25, 0.3) is 0 Å². The van der Waals surface area contributed by atoms with Gasteiger partial charge in [0.2, 0.25) is 5.91 Å². The van der Waals surface area contributed by atoms with Gasteiger partial charge in [0.05, 0.1) is 19.1 Å². The Bertz CT molecular complexity index is 1490. The first kappa shape index (κ1) is 28.1. The van der Waals surface area contributed by atoms with Crippen molar-refractivity contribution in [2.24, 2.45) is 5.92 Å². The number of aryl methyl sites for hydroxylation is 3. The number of anilines is 1. The molecule has 0 unspecified atom stereocenters. The van der Waals surface area contributed by atoms with Gasteiger partial charge < -0.3 is 24.6 Å². The monoisotopic (exact) mass is 570 g/mol. The van der Waals surface area contributed by atoms with Gasteiger partial charge in [-0.05, 0) is 65.8 Å². The molecule has 0 radical (unpaired) electrons. The van der Waals surface area contributed by atoms with Crippen LogP contribution in [0.2, 0.25) is 0 Å². The molecule has 42 heavy (non-hydrogen) atoms. The zero-order chi connectivity index (χ0) is 29.4. The fourth-order valence-electron chi connectivity index (χ4n) is 6.83. The lowest BCUT2D eigenvalue weighted by atomic mass is 9.82. The van der Waals surface area contributed by atoms with Gasteiger partial charge >= 0.3 is 5.97 Å². The number of hydrogen-bond donors (Lipinski definition) is 2. The molecular formula is C34H38N2O6. The highest BCUT2D eigenvalue weighted by molar-refractivity contribution is 5.94. The number of amides is 1. The molecule has 3 atom stereocenters. The number of carbonyl (C=O) groups is 2. The number of benzene rings is 3. The van der Waals surface area contributed by atoms with Gasteiger partial charge in [0, 0.05) is 30.6 Å². The van der Waals surface area contributed by atoms with Crippen LogP contribution < -0.4 is 19.5 Å². The van der Waals surface area contributed by atoms with Crippen molar-refractivity contribution in [2.75, 3.05) is 38.2 Å². The minimum Gasteiger partial charge on any atom is -0.493 e. The van der Waals surface area contributed by atoms with Crippen LogP contribution in [-0.2, 0) is 28.9 Å². The number of aliphatic carboxylic acids is 1. The van der Waals surface area contributed by atoms with Crippen molar-refractivity contribution in [3.8, 4) is 17.2 Å². The lowest BCUT2D eigenvalue weighted by molar-refractivity contribution is -0.143. The molecular weight excluding hydrogens is 532 g/mol. The van der Waals surface area contributed by atoms with Crippen LogP contribution in [0.5, 0.6) is 17.2 Å². The van der Waals surface area contributed by atoms with E-state index in [-0.39, 0.29) is 18.4 Å². The summed E-state index contributed by atoms with van der Waals surface area (Å²) in [5.74, 6) is -0.0178. The molecule has 3 aromatic rings. The maximum atomic E-state index is 13.7. The van der Waals surface area contributed by atoms with Crippen molar-refractivity contribution in [3.05, 3.63) is 81.9 Å². The molecule has 3 aliphatic rings. The van der Waals surface area contributed by atoms with E-state index in [1.165, 1.54) is 5.56 Å². The normalized spacial score (nSPS) is 21.1. The van der Waals surface area contributed by atoms with Gasteiger partial charge in [0.15, 0.2) is 11.5 Å².